The van der Waals surface area contributed by atoms with Crippen LogP contribution in [0.25, 0.3) is 11.3 Å². The predicted molar refractivity (Wildman–Crippen MR) is 129 cm³/mol. The third kappa shape index (κ3) is 5.65. The first-order valence-electron chi connectivity index (χ1n) is 10.6. The number of rotatable bonds is 8. The van der Waals surface area contributed by atoms with Crippen molar-refractivity contribution >= 4 is 38.1 Å². The molecule has 178 valence electrons. The zero-order chi connectivity index (χ0) is 24.1. The van der Waals surface area contributed by atoms with E-state index in [0.717, 1.165) is 11.3 Å². The molecule has 1 aliphatic heterocycles. The highest BCUT2D eigenvalue weighted by Gasteiger charge is 2.29. The molecule has 0 spiro atoms. The fourth-order valence-corrected chi connectivity index (χ4v) is 5.75. The molecular formula is C22H23N5O5S2. The summed E-state index contributed by atoms with van der Waals surface area (Å²) in [5, 5.41) is 16.0. The largest absolute Gasteiger partial charge is 0.302 e. The second kappa shape index (κ2) is 10.4. The number of nitro benzene ring substituents is 1. The Labute approximate surface area is 201 Å². The average molecular weight is 502 g/mol. The summed E-state index contributed by atoms with van der Waals surface area (Å²) in [4.78, 5) is 29.1. The molecule has 2 heterocycles. The molecule has 0 unspecified atom stereocenters. The Balaban J connectivity index is 1.24. The maximum atomic E-state index is 12.8. The minimum Gasteiger partial charge on any atom is -0.302 e. The summed E-state index contributed by atoms with van der Waals surface area (Å²) in [6, 6.07) is 14.6. The molecule has 12 heteroatoms. The van der Waals surface area contributed by atoms with Gasteiger partial charge in [-0.25, -0.2) is 13.4 Å². The van der Waals surface area contributed by atoms with Gasteiger partial charge < -0.3 is 10.2 Å². The van der Waals surface area contributed by atoms with Crippen LogP contribution >= 0.6 is 11.3 Å². The monoisotopic (exact) mass is 501 g/mol. The van der Waals surface area contributed by atoms with Crippen LogP contribution in [0.5, 0.6) is 0 Å². The predicted octanol–water partition coefficient (Wildman–Crippen LogP) is 3.05. The number of benzene rings is 2. The number of carbonyl (C=O) groups is 1. The molecule has 4 rings (SSSR count). The highest BCUT2D eigenvalue weighted by molar-refractivity contribution is 7.89. The molecule has 34 heavy (non-hydrogen) atoms. The first kappa shape index (κ1) is 24.0. The molecule has 3 aromatic rings. The summed E-state index contributed by atoms with van der Waals surface area (Å²) in [6.07, 6.45) is 0.273. The molecule has 1 aromatic heterocycles. The van der Waals surface area contributed by atoms with Crippen LogP contribution in [0.3, 0.4) is 0 Å². The summed E-state index contributed by atoms with van der Waals surface area (Å²) in [5.41, 5.74) is 1.64. The lowest BCUT2D eigenvalue weighted by Crippen LogP contribution is -2.49. The number of non-ortho nitro benzene ring substituents is 1. The standard InChI is InChI=1S/C22H23N5O5S2/c28-21(24-22-23-20(16-33-22)17-4-2-1-3-5-17)10-11-25-12-14-26(15-13-25)34(31,32)19-8-6-18(7-9-19)27(29)30/h1-9,16H,10-15H2,(H,23,24,28). The lowest BCUT2D eigenvalue weighted by molar-refractivity contribution is -0.384. The number of sulfonamides is 1. The molecule has 0 bridgehead atoms. The van der Waals surface area contributed by atoms with Crippen molar-refractivity contribution < 1.29 is 18.1 Å². The van der Waals surface area contributed by atoms with Gasteiger partial charge >= 0.3 is 0 Å². The first-order chi connectivity index (χ1) is 16.3. The van der Waals surface area contributed by atoms with E-state index in [1.165, 1.54) is 39.9 Å². The minimum atomic E-state index is -3.72. The van der Waals surface area contributed by atoms with Crippen molar-refractivity contribution in [3.05, 3.63) is 70.1 Å². The lowest BCUT2D eigenvalue weighted by atomic mass is 10.2. The van der Waals surface area contributed by atoms with Crippen LogP contribution in [0, 0.1) is 10.1 Å². The minimum absolute atomic E-state index is 0.0317. The van der Waals surface area contributed by atoms with E-state index in [4.69, 9.17) is 0 Å². The Morgan fingerprint density at radius 1 is 1.06 bits per heavy atom. The van der Waals surface area contributed by atoms with Gasteiger partial charge in [-0.05, 0) is 12.1 Å². The van der Waals surface area contributed by atoms with Crippen LogP contribution < -0.4 is 5.32 Å². The number of carbonyl (C=O) groups excluding carboxylic acids is 1. The number of hydrogen-bond donors (Lipinski definition) is 1. The number of thiazole rings is 1. The Morgan fingerprint density at radius 3 is 2.38 bits per heavy atom. The number of nitrogens with one attached hydrogen (secondary N) is 1. The molecule has 0 atom stereocenters. The Hall–Kier alpha value is -3.19. The van der Waals surface area contributed by atoms with Crippen molar-refractivity contribution in [1.82, 2.24) is 14.2 Å². The summed E-state index contributed by atoms with van der Waals surface area (Å²) in [5.74, 6) is -0.144. The number of hydrogen-bond acceptors (Lipinski definition) is 8. The van der Waals surface area contributed by atoms with Gasteiger partial charge in [0.25, 0.3) is 5.69 Å². The van der Waals surface area contributed by atoms with Crippen molar-refractivity contribution in [2.24, 2.45) is 0 Å². The number of nitrogens with zero attached hydrogens (tertiary/aromatic N) is 4. The van der Waals surface area contributed by atoms with Gasteiger partial charge in [0.2, 0.25) is 15.9 Å². The highest BCUT2D eigenvalue weighted by atomic mass is 32.2. The molecule has 1 amide bonds. The Morgan fingerprint density at radius 2 is 1.74 bits per heavy atom. The van der Waals surface area contributed by atoms with Gasteiger partial charge in [0.05, 0.1) is 15.5 Å². The van der Waals surface area contributed by atoms with Crippen molar-refractivity contribution in [3.63, 3.8) is 0 Å². The van der Waals surface area contributed by atoms with E-state index in [2.05, 4.69) is 10.3 Å². The zero-order valence-electron chi connectivity index (χ0n) is 18.2. The van der Waals surface area contributed by atoms with Crippen LogP contribution in [-0.4, -0.2) is 66.2 Å². The number of nitro groups is 1. The van der Waals surface area contributed by atoms with Crippen LogP contribution in [-0.2, 0) is 14.8 Å². The van der Waals surface area contributed by atoms with Crippen LogP contribution in [0.4, 0.5) is 10.8 Å². The number of aromatic nitrogens is 1. The number of anilines is 1. The zero-order valence-corrected chi connectivity index (χ0v) is 19.8. The van der Waals surface area contributed by atoms with Crippen LogP contribution in [0.2, 0.25) is 0 Å². The third-order valence-electron chi connectivity index (χ3n) is 5.49. The SMILES string of the molecule is O=C(CCN1CCN(S(=O)(=O)c2ccc([N+](=O)[O-])cc2)CC1)Nc1nc(-c2ccccc2)cs1. The molecule has 10 nitrogen and oxygen atoms in total. The van der Waals surface area contributed by atoms with Crippen molar-refractivity contribution in [1.29, 1.82) is 0 Å². The smallest absolute Gasteiger partial charge is 0.269 e. The van der Waals surface area contributed by atoms with Crippen LogP contribution in [0.15, 0.2) is 64.9 Å². The molecule has 0 saturated carbocycles. The van der Waals surface area contributed by atoms with Gasteiger partial charge in [-0.3, -0.25) is 14.9 Å². The normalized spacial score (nSPS) is 15.2. The average Bonchev–Trinajstić information content (AvgIpc) is 3.32. The van der Waals surface area contributed by atoms with E-state index < -0.39 is 14.9 Å². The van der Waals surface area contributed by atoms with Gasteiger partial charge in [0, 0.05) is 62.2 Å². The van der Waals surface area contributed by atoms with Crippen molar-refractivity contribution in [3.8, 4) is 11.3 Å². The second-order valence-electron chi connectivity index (χ2n) is 7.70. The van der Waals surface area contributed by atoms with E-state index in [0.29, 0.717) is 24.8 Å². The van der Waals surface area contributed by atoms with E-state index in [1.807, 2.05) is 40.6 Å². The number of amides is 1. The topological polar surface area (TPSA) is 126 Å². The maximum Gasteiger partial charge on any atom is 0.269 e. The maximum absolute atomic E-state index is 12.8. The van der Waals surface area contributed by atoms with Gasteiger partial charge in [0.15, 0.2) is 5.13 Å². The molecular weight excluding hydrogens is 478 g/mol. The second-order valence-corrected chi connectivity index (χ2v) is 10.5. The quantitative estimate of drug-likeness (QED) is 0.371. The third-order valence-corrected chi connectivity index (χ3v) is 8.16. The van der Waals surface area contributed by atoms with Crippen molar-refractivity contribution in [2.45, 2.75) is 11.3 Å². The summed E-state index contributed by atoms with van der Waals surface area (Å²) < 4.78 is 27.0. The fourth-order valence-electron chi connectivity index (χ4n) is 3.60. The molecule has 1 aliphatic rings. The van der Waals surface area contributed by atoms with Gasteiger partial charge in [-0.15, -0.1) is 11.3 Å². The molecule has 1 fully saturated rings. The molecule has 1 N–H and O–H groups in total. The molecule has 2 aromatic carbocycles. The lowest BCUT2D eigenvalue weighted by Gasteiger charge is -2.33. The van der Waals surface area contributed by atoms with E-state index >= 15 is 0 Å². The van der Waals surface area contributed by atoms with E-state index in [1.54, 1.807) is 0 Å². The Kier molecular flexibility index (Phi) is 7.32. The number of piperazine rings is 1. The fraction of sp³-hybridized carbons (Fsp3) is 0.273. The summed E-state index contributed by atoms with van der Waals surface area (Å²) >= 11 is 1.37. The molecule has 0 aliphatic carbocycles. The summed E-state index contributed by atoms with van der Waals surface area (Å²) in [7, 11) is -3.72. The molecule has 0 radical (unpaired) electrons. The van der Waals surface area contributed by atoms with E-state index in [-0.39, 0.29) is 36.0 Å². The van der Waals surface area contributed by atoms with Gasteiger partial charge in [-0.2, -0.15) is 4.31 Å². The van der Waals surface area contributed by atoms with Crippen LogP contribution in [0.1, 0.15) is 6.42 Å². The van der Waals surface area contributed by atoms with Gasteiger partial charge in [0.1, 0.15) is 0 Å². The summed E-state index contributed by atoms with van der Waals surface area (Å²) in [6.45, 7) is 2.07. The van der Waals surface area contributed by atoms with Gasteiger partial charge in [-0.1, -0.05) is 30.3 Å². The van der Waals surface area contributed by atoms with Crippen molar-refractivity contribution in [2.75, 3.05) is 38.0 Å². The molecule has 1 saturated heterocycles. The highest BCUT2D eigenvalue weighted by Crippen LogP contribution is 2.25. The van der Waals surface area contributed by atoms with E-state index in [9.17, 15) is 23.3 Å². The Bertz CT molecular complexity index is 1250. The first-order valence-corrected chi connectivity index (χ1v) is 12.9.